The molecule has 76 valence electrons. The van der Waals surface area contributed by atoms with Gasteiger partial charge in [-0.15, -0.1) is 11.6 Å². The summed E-state index contributed by atoms with van der Waals surface area (Å²) >= 11 is 5.97. The highest BCUT2D eigenvalue weighted by molar-refractivity contribution is 6.22. The van der Waals surface area contributed by atoms with Crippen molar-refractivity contribution in [1.29, 1.82) is 0 Å². The Morgan fingerprint density at radius 1 is 1.62 bits per heavy atom. The Morgan fingerprint density at radius 2 is 2.23 bits per heavy atom. The predicted octanol–water partition coefficient (Wildman–Crippen LogP) is 2.90. The lowest BCUT2D eigenvalue weighted by Gasteiger charge is -2.04. The van der Waals surface area contributed by atoms with Crippen molar-refractivity contribution in [2.45, 2.75) is 38.5 Å². The molecule has 0 aliphatic carbocycles. The van der Waals surface area contributed by atoms with Crippen molar-refractivity contribution in [1.82, 2.24) is 0 Å². The van der Waals surface area contributed by atoms with Gasteiger partial charge in [-0.25, -0.2) is 4.79 Å². The fraction of sp³-hybridized carbons (Fsp3) is 0.700. The second-order valence-electron chi connectivity index (χ2n) is 3.00. The number of allylic oxidation sites excluding steroid dienone is 1. The van der Waals surface area contributed by atoms with Gasteiger partial charge in [-0.2, -0.15) is 0 Å². The summed E-state index contributed by atoms with van der Waals surface area (Å²) in [7, 11) is 1.37. The van der Waals surface area contributed by atoms with Crippen LogP contribution in [0.4, 0.5) is 0 Å². The van der Waals surface area contributed by atoms with Gasteiger partial charge in [0.15, 0.2) is 0 Å². The Kier molecular flexibility index (Phi) is 6.69. The van der Waals surface area contributed by atoms with Crippen LogP contribution in [-0.4, -0.2) is 18.5 Å². The van der Waals surface area contributed by atoms with Crippen LogP contribution in [0.5, 0.6) is 0 Å². The number of hydrogen-bond acceptors (Lipinski definition) is 2. The maximum atomic E-state index is 11.0. The van der Waals surface area contributed by atoms with Crippen LogP contribution in [0.1, 0.15) is 33.1 Å². The number of unbranched alkanes of at least 4 members (excludes halogenated alkanes) is 1. The second-order valence-corrected chi connectivity index (χ2v) is 3.56. The molecule has 3 heteroatoms. The average molecular weight is 205 g/mol. The molecule has 1 atom stereocenters. The third-order valence-electron chi connectivity index (χ3n) is 1.77. The number of hydrogen-bond donors (Lipinski definition) is 0. The fourth-order valence-electron chi connectivity index (χ4n) is 0.983. The summed E-state index contributed by atoms with van der Waals surface area (Å²) in [5, 5.41) is -0.0564. The van der Waals surface area contributed by atoms with E-state index < -0.39 is 0 Å². The number of rotatable bonds is 5. The quantitative estimate of drug-likeness (QED) is 0.391. The van der Waals surface area contributed by atoms with Crippen molar-refractivity contribution in [3.8, 4) is 0 Å². The fourth-order valence-corrected chi connectivity index (χ4v) is 1.33. The smallest absolute Gasteiger partial charge is 0.333 e. The van der Waals surface area contributed by atoms with Gasteiger partial charge < -0.3 is 4.74 Å². The third kappa shape index (κ3) is 5.69. The van der Waals surface area contributed by atoms with Gasteiger partial charge >= 0.3 is 5.97 Å². The van der Waals surface area contributed by atoms with Gasteiger partial charge in [-0.05, 0) is 13.3 Å². The number of halogens is 1. The minimum absolute atomic E-state index is 0.0564. The highest BCUT2D eigenvalue weighted by Gasteiger charge is 2.06. The molecule has 0 amide bonds. The molecule has 0 radical (unpaired) electrons. The minimum Gasteiger partial charge on any atom is -0.466 e. The van der Waals surface area contributed by atoms with Gasteiger partial charge in [0.2, 0.25) is 0 Å². The van der Waals surface area contributed by atoms with E-state index >= 15 is 0 Å². The van der Waals surface area contributed by atoms with Crippen molar-refractivity contribution in [2.24, 2.45) is 0 Å². The first-order valence-corrected chi connectivity index (χ1v) is 4.96. The predicted molar refractivity (Wildman–Crippen MR) is 54.9 cm³/mol. The summed E-state index contributed by atoms with van der Waals surface area (Å²) in [5.74, 6) is -0.304. The monoisotopic (exact) mass is 204 g/mol. The van der Waals surface area contributed by atoms with Crippen LogP contribution in [0.25, 0.3) is 0 Å². The zero-order valence-electron chi connectivity index (χ0n) is 8.47. The molecule has 0 aromatic carbocycles. The summed E-state index contributed by atoms with van der Waals surface area (Å²) < 4.78 is 4.55. The zero-order valence-corrected chi connectivity index (χ0v) is 9.23. The molecular weight excluding hydrogens is 188 g/mol. The van der Waals surface area contributed by atoms with Crippen LogP contribution in [0.3, 0.4) is 0 Å². The molecule has 1 unspecified atom stereocenters. The van der Waals surface area contributed by atoms with Crippen molar-refractivity contribution < 1.29 is 9.53 Å². The van der Waals surface area contributed by atoms with Crippen molar-refractivity contribution in [2.75, 3.05) is 7.11 Å². The van der Waals surface area contributed by atoms with Gasteiger partial charge in [-0.1, -0.05) is 25.8 Å². The lowest BCUT2D eigenvalue weighted by molar-refractivity contribution is -0.136. The average Bonchev–Trinajstić information content (AvgIpc) is 2.13. The van der Waals surface area contributed by atoms with E-state index in [4.69, 9.17) is 11.6 Å². The van der Waals surface area contributed by atoms with Crippen LogP contribution >= 0.6 is 11.6 Å². The maximum absolute atomic E-state index is 11.0. The van der Waals surface area contributed by atoms with E-state index in [0.29, 0.717) is 5.57 Å². The summed E-state index contributed by atoms with van der Waals surface area (Å²) in [5.41, 5.74) is 0.582. The molecule has 0 aliphatic heterocycles. The lowest BCUT2D eigenvalue weighted by atomic mass is 10.1. The molecule has 0 bridgehead atoms. The van der Waals surface area contributed by atoms with Crippen LogP contribution in [0.2, 0.25) is 0 Å². The maximum Gasteiger partial charge on any atom is 0.333 e. The molecule has 0 saturated carbocycles. The van der Waals surface area contributed by atoms with Crippen LogP contribution < -0.4 is 0 Å². The molecule has 0 saturated heterocycles. The van der Waals surface area contributed by atoms with E-state index in [9.17, 15) is 4.79 Å². The van der Waals surface area contributed by atoms with Gasteiger partial charge in [0.25, 0.3) is 0 Å². The first-order chi connectivity index (χ1) is 6.11. The van der Waals surface area contributed by atoms with E-state index in [2.05, 4.69) is 11.7 Å². The number of ether oxygens (including phenoxy) is 1. The van der Waals surface area contributed by atoms with E-state index in [-0.39, 0.29) is 11.3 Å². The Balaban J connectivity index is 3.97. The lowest BCUT2D eigenvalue weighted by Crippen LogP contribution is -2.04. The van der Waals surface area contributed by atoms with Crippen molar-refractivity contribution in [3.63, 3.8) is 0 Å². The molecule has 0 heterocycles. The standard InChI is InChI=1S/C10H17ClO2/c1-4-5-6-9(11)7-8(2)10(12)13-3/h7,9H,4-6H2,1-3H3. The van der Waals surface area contributed by atoms with Gasteiger partial charge in [-0.3, -0.25) is 0 Å². The topological polar surface area (TPSA) is 26.3 Å². The van der Waals surface area contributed by atoms with E-state index in [1.165, 1.54) is 7.11 Å². The summed E-state index contributed by atoms with van der Waals surface area (Å²) in [4.78, 5) is 11.0. The molecule has 0 spiro atoms. The minimum atomic E-state index is -0.304. The van der Waals surface area contributed by atoms with E-state index in [1.807, 2.05) is 0 Å². The number of carbonyl (C=O) groups excluding carboxylic acids is 1. The van der Waals surface area contributed by atoms with Crippen molar-refractivity contribution >= 4 is 17.6 Å². The molecular formula is C10H17ClO2. The van der Waals surface area contributed by atoms with Gasteiger partial charge in [0.05, 0.1) is 12.5 Å². The highest BCUT2D eigenvalue weighted by Crippen LogP contribution is 2.11. The molecule has 0 aromatic heterocycles. The molecule has 0 aliphatic rings. The van der Waals surface area contributed by atoms with Crippen LogP contribution in [0, 0.1) is 0 Å². The number of alkyl halides is 1. The second kappa shape index (κ2) is 6.96. The third-order valence-corrected chi connectivity index (χ3v) is 2.12. The Labute approximate surface area is 84.9 Å². The summed E-state index contributed by atoms with van der Waals surface area (Å²) in [6, 6.07) is 0. The van der Waals surface area contributed by atoms with Crippen LogP contribution in [0.15, 0.2) is 11.6 Å². The van der Waals surface area contributed by atoms with E-state index in [1.54, 1.807) is 13.0 Å². The Hall–Kier alpha value is -0.500. The summed E-state index contributed by atoms with van der Waals surface area (Å²) in [6.45, 7) is 3.83. The highest BCUT2D eigenvalue weighted by atomic mass is 35.5. The molecule has 2 nitrogen and oxygen atoms in total. The largest absolute Gasteiger partial charge is 0.466 e. The number of carbonyl (C=O) groups is 1. The van der Waals surface area contributed by atoms with Gasteiger partial charge in [0, 0.05) is 5.57 Å². The molecule has 0 rings (SSSR count). The molecule has 13 heavy (non-hydrogen) atoms. The zero-order chi connectivity index (χ0) is 10.3. The number of methoxy groups -OCH3 is 1. The Bertz CT molecular complexity index is 187. The van der Waals surface area contributed by atoms with Crippen LogP contribution in [-0.2, 0) is 9.53 Å². The number of esters is 1. The first kappa shape index (κ1) is 12.5. The summed E-state index contributed by atoms with van der Waals surface area (Å²) in [6.07, 6.45) is 4.86. The van der Waals surface area contributed by atoms with Crippen molar-refractivity contribution in [3.05, 3.63) is 11.6 Å². The normalized spacial score (nSPS) is 14.0. The first-order valence-electron chi connectivity index (χ1n) is 4.52. The SMILES string of the molecule is CCCCC(Cl)C=C(C)C(=O)OC. The van der Waals surface area contributed by atoms with Gasteiger partial charge in [0.1, 0.15) is 0 Å². The van der Waals surface area contributed by atoms with E-state index in [0.717, 1.165) is 19.3 Å². The Morgan fingerprint density at radius 3 is 2.69 bits per heavy atom. The molecule has 0 aromatic rings. The molecule has 0 fully saturated rings. The molecule has 0 N–H and O–H groups in total.